The fourth-order valence-corrected chi connectivity index (χ4v) is 2.89. The molecule has 0 spiro atoms. The Labute approximate surface area is 173 Å². The third kappa shape index (κ3) is 5.45. The molecule has 0 aliphatic rings. The van der Waals surface area contributed by atoms with Crippen molar-refractivity contribution in [2.75, 3.05) is 6.54 Å². The van der Waals surface area contributed by atoms with Crippen LogP contribution in [0.25, 0.3) is 0 Å². The highest BCUT2D eigenvalue weighted by molar-refractivity contribution is 5.91. The van der Waals surface area contributed by atoms with E-state index >= 15 is 0 Å². The summed E-state index contributed by atoms with van der Waals surface area (Å²) in [6.45, 7) is -0.243. The second-order valence-electron chi connectivity index (χ2n) is 6.51. The highest BCUT2D eigenvalue weighted by Gasteiger charge is 2.22. The lowest BCUT2D eigenvalue weighted by molar-refractivity contribution is -0.126. The Bertz CT molecular complexity index is 997. The van der Waals surface area contributed by atoms with Crippen molar-refractivity contribution in [1.82, 2.24) is 10.7 Å². The molecule has 0 saturated heterocycles. The van der Waals surface area contributed by atoms with Gasteiger partial charge in [0.2, 0.25) is 5.91 Å². The Morgan fingerprint density at radius 3 is 2.03 bits per heavy atom. The topological polar surface area (TPSA) is 111 Å². The van der Waals surface area contributed by atoms with Crippen LogP contribution in [0, 0.1) is 0 Å². The summed E-state index contributed by atoms with van der Waals surface area (Å²) >= 11 is 0. The number of aromatic hydroxyl groups is 2. The molecule has 152 valence electrons. The normalized spacial score (nSPS) is 10.8. The zero-order chi connectivity index (χ0) is 21.3. The van der Waals surface area contributed by atoms with E-state index in [1.165, 1.54) is 24.4 Å². The number of hydrazone groups is 1. The number of rotatable bonds is 7. The van der Waals surface area contributed by atoms with Gasteiger partial charge in [0, 0.05) is 0 Å². The van der Waals surface area contributed by atoms with E-state index in [4.69, 9.17) is 0 Å². The molecule has 3 aromatic carbocycles. The maximum atomic E-state index is 12.8. The molecular weight excluding hydrogens is 382 g/mol. The minimum Gasteiger partial charge on any atom is -0.504 e. The molecule has 3 rings (SSSR count). The summed E-state index contributed by atoms with van der Waals surface area (Å²) in [6, 6.07) is 22.8. The summed E-state index contributed by atoms with van der Waals surface area (Å²) in [5, 5.41) is 25.2. The molecular formula is C23H21N3O4. The number of phenolic OH excluding ortho intramolecular Hbond substituents is 2. The summed E-state index contributed by atoms with van der Waals surface area (Å²) in [4.78, 5) is 24.9. The van der Waals surface area contributed by atoms with E-state index in [0.29, 0.717) is 5.56 Å². The maximum Gasteiger partial charge on any atom is 0.259 e. The molecule has 30 heavy (non-hydrogen) atoms. The second-order valence-corrected chi connectivity index (χ2v) is 6.51. The number of amides is 2. The van der Waals surface area contributed by atoms with Gasteiger partial charge in [0.1, 0.15) is 0 Å². The predicted molar refractivity (Wildman–Crippen MR) is 113 cm³/mol. The maximum absolute atomic E-state index is 12.8. The first-order chi connectivity index (χ1) is 14.5. The molecule has 4 N–H and O–H groups in total. The second kappa shape index (κ2) is 9.88. The summed E-state index contributed by atoms with van der Waals surface area (Å²) in [5.41, 5.74) is 4.45. The average Bonchev–Trinajstić information content (AvgIpc) is 2.76. The largest absolute Gasteiger partial charge is 0.504 e. The van der Waals surface area contributed by atoms with Crippen LogP contribution in [-0.4, -0.2) is 34.8 Å². The van der Waals surface area contributed by atoms with Crippen LogP contribution in [0.1, 0.15) is 22.6 Å². The van der Waals surface area contributed by atoms with Crippen LogP contribution in [0.4, 0.5) is 0 Å². The molecule has 0 saturated carbocycles. The molecule has 7 heteroatoms. The van der Waals surface area contributed by atoms with Gasteiger partial charge in [-0.15, -0.1) is 0 Å². The van der Waals surface area contributed by atoms with Crippen LogP contribution in [0.15, 0.2) is 84.0 Å². The zero-order valence-electron chi connectivity index (χ0n) is 16.0. The van der Waals surface area contributed by atoms with Gasteiger partial charge in [-0.2, -0.15) is 5.10 Å². The van der Waals surface area contributed by atoms with Crippen LogP contribution >= 0.6 is 0 Å². The van der Waals surface area contributed by atoms with Crippen molar-refractivity contribution >= 4 is 18.0 Å². The molecule has 0 unspecified atom stereocenters. The van der Waals surface area contributed by atoms with Crippen molar-refractivity contribution in [3.63, 3.8) is 0 Å². The van der Waals surface area contributed by atoms with Crippen molar-refractivity contribution in [2.45, 2.75) is 5.92 Å². The number of nitrogens with one attached hydrogen (secondary N) is 2. The van der Waals surface area contributed by atoms with Gasteiger partial charge in [0.05, 0.1) is 18.7 Å². The van der Waals surface area contributed by atoms with Gasteiger partial charge in [-0.05, 0) is 34.9 Å². The highest BCUT2D eigenvalue weighted by atomic mass is 16.3. The lowest BCUT2D eigenvalue weighted by Crippen LogP contribution is -2.37. The molecule has 3 aromatic rings. The van der Waals surface area contributed by atoms with Crippen LogP contribution in [-0.2, 0) is 9.59 Å². The van der Waals surface area contributed by atoms with Crippen molar-refractivity contribution in [1.29, 1.82) is 0 Å². The molecule has 0 atom stereocenters. The Morgan fingerprint density at radius 2 is 1.47 bits per heavy atom. The van der Waals surface area contributed by atoms with Crippen LogP contribution in [0.2, 0.25) is 0 Å². The van der Waals surface area contributed by atoms with Gasteiger partial charge in [0.15, 0.2) is 11.5 Å². The predicted octanol–water partition coefficient (Wildman–Crippen LogP) is 2.50. The van der Waals surface area contributed by atoms with Gasteiger partial charge in [-0.1, -0.05) is 60.7 Å². The lowest BCUT2D eigenvalue weighted by atomic mass is 9.90. The molecule has 0 radical (unpaired) electrons. The Morgan fingerprint density at radius 1 is 0.867 bits per heavy atom. The minimum absolute atomic E-state index is 0.243. The van der Waals surface area contributed by atoms with E-state index in [2.05, 4.69) is 15.8 Å². The van der Waals surface area contributed by atoms with Crippen molar-refractivity contribution in [3.05, 3.63) is 95.6 Å². The van der Waals surface area contributed by atoms with Gasteiger partial charge in [-0.3, -0.25) is 9.59 Å². The third-order valence-electron chi connectivity index (χ3n) is 4.35. The summed E-state index contributed by atoms with van der Waals surface area (Å²) in [5.74, 6) is -1.86. The van der Waals surface area contributed by atoms with E-state index in [-0.39, 0.29) is 24.0 Å². The van der Waals surface area contributed by atoms with E-state index in [1.807, 2.05) is 60.7 Å². The molecule has 2 amide bonds. The van der Waals surface area contributed by atoms with Crippen molar-refractivity contribution in [2.24, 2.45) is 5.10 Å². The first-order valence-corrected chi connectivity index (χ1v) is 9.26. The average molecular weight is 403 g/mol. The molecule has 0 fully saturated rings. The molecule has 7 nitrogen and oxygen atoms in total. The monoisotopic (exact) mass is 403 g/mol. The first kappa shape index (κ1) is 20.6. The highest BCUT2D eigenvalue weighted by Crippen LogP contribution is 2.25. The van der Waals surface area contributed by atoms with Gasteiger partial charge >= 0.3 is 0 Å². The summed E-state index contributed by atoms with van der Waals surface area (Å²) in [7, 11) is 0. The summed E-state index contributed by atoms with van der Waals surface area (Å²) in [6.07, 6.45) is 1.32. The fraction of sp³-hybridized carbons (Fsp3) is 0.0870. The standard InChI is InChI=1S/C23H21N3O4/c27-19-12-11-16(13-20(19)28)14-25-26-21(29)15-24-23(30)22(17-7-3-1-4-8-17)18-9-5-2-6-10-18/h1-14,22,27-28H,15H2,(H,24,30)(H,26,29)/b25-14+. The van der Waals surface area contributed by atoms with E-state index < -0.39 is 11.8 Å². The van der Waals surface area contributed by atoms with Crippen molar-refractivity contribution < 1.29 is 19.8 Å². The number of phenols is 2. The van der Waals surface area contributed by atoms with E-state index in [9.17, 15) is 19.8 Å². The lowest BCUT2D eigenvalue weighted by Gasteiger charge is -2.17. The van der Waals surface area contributed by atoms with Crippen LogP contribution in [0.5, 0.6) is 11.5 Å². The smallest absolute Gasteiger partial charge is 0.259 e. The fourth-order valence-electron chi connectivity index (χ4n) is 2.89. The molecule has 0 aliphatic heterocycles. The van der Waals surface area contributed by atoms with Crippen LogP contribution < -0.4 is 10.7 Å². The third-order valence-corrected chi connectivity index (χ3v) is 4.35. The van der Waals surface area contributed by atoms with Gasteiger partial charge in [0.25, 0.3) is 5.91 Å². The number of benzene rings is 3. The number of carbonyl (C=O) groups is 2. The molecule has 0 heterocycles. The Balaban J connectivity index is 1.60. The first-order valence-electron chi connectivity index (χ1n) is 9.26. The SMILES string of the molecule is O=C(CNC(=O)C(c1ccccc1)c1ccccc1)N/N=C/c1ccc(O)c(O)c1. The molecule has 0 bridgehead atoms. The Hall–Kier alpha value is -4.13. The Kier molecular flexibility index (Phi) is 6.78. The zero-order valence-corrected chi connectivity index (χ0v) is 16.0. The molecule has 0 aliphatic carbocycles. The number of hydrogen-bond acceptors (Lipinski definition) is 5. The van der Waals surface area contributed by atoms with E-state index in [0.717, 1.165) is 11.1 Å². The summed E-state index contributed by atoms with van der Waals surface area (Å²) < 4.78 is 0. The minimum atomic E-state index is -0.538. The van der Waals surface area contributed by atoms with Gasteiger partial charge in [-0.25, -0.2) is 5.43 Å². The molecule has 0 aromatic heterocycles. The quantitative estimate of drug-likeness (QED) is 0.276. The van der Waals surface area contributed by atoms with Gasteiger partial charge < -0.3 is 15.5 Å². The number of nitrogens with zero attached hydrogens (tertiary/aromatic N) is 1. The number of carbonyl (C=O) groups excluding carboxylic acids is 2. The number of hydrogen-bond donors (Lipinski definition) is 4. The van der Waals surface area contributed by atoms with Crippen LogP contribution in [0.3, 0.4) is 0 Å². The van der Waals surface area contributed by atoms with E-state index in [1.54, 1.807) is 0 Å². The van der Waals surface area contributed by atoms with Crippen molar-refractivity contribution in [3.8, 4) is 11.5 Å².